The Hall–Kier alpha value is -3.21. The number of benzene rings is 1. The quantitative estimate of drug-likeness (QED) is 0.834. The fourth-order valence-electron chi connectivity index (χ4n) is 2.53. The van der Waals surface area contributed by atoms with Crippen molar-refractivity contribution >= 4 is 28.9 Å². The molecule has 0 aliphatic carbocycles. The summed E-state index contributed by atoms with van der Waals surface area (Å²) in [6, 6.07) is 10.3. The molecule has 1 N–H and O–H groups in total. The minimum atomic E-state index is -0.289. The van der Waals surface area contributed by atoms with Crippen molar-refractivity contribution in [3.63, 3.8) is 0 Å². The third-order valence-corrected chi connectivity index (χ3v) is 4.17. The number of piperazine rings is 1. The molecule has 1 aliphatic heterocycles. The summed E-state index contributed by atoms with van der Waals surface area (Å²) in [4.78, 5) is 15.3. The Labute approximate surface area is 150 Å². The maximum absolute atomic E-state index is 11.4. The highest BCUT2D eigenvalue weighted by atomic mass is 35.5. The second-order valence-corrected chi connectivity index (χ2v) is 5.78. The molecule has 1 saturated heterocycles. The van der Waals surface area contributed by atoms with Gasteiger partial charge in [-0.05, 0) is 18.2 Å². The number of carbonyl (C=O) groups is 1. The average Bonchev–Trinajstić information content (AvgIpc) is 2.62. The van der Waals surface area contributed by atoms with Gasteiger partial charge in [-0.1, -0.05) is 11.6 Å². The molecule has 0 spiro atoms. The Bertz CT molecular complexity index is 818. The van der Waals surface area contributed by atoms with Crippen LogP contribution in [0.15, 0.2) is 29.5 Å². The van der Waals surface area contributed by atoms with E-state index in [-0.39, 0.29) is 17.2 Å². The van der Waals surface area contributed by atoms with E-state index in [4.69, 9.17) is 27.4 Å². The number of hydrogen-bond donors (Lipinski definition) is 1. The molecular weight excluding hydrogens is 340 g/mol. The number of hydrogen-bond acceptors (Lipinski definition) is 6. The molecule has 1 heterocycles. The van der Waals surface area contributed by atoms with Gasteiger partial charge in [0.1, 0.15) is 23.9 Å². The topological polar surface area (TPSA) is 107 Å². The molecule has 1 aliphatic rings. The fraction of sp³-hybridized carbons (Fsp3) is 0.294. The first-order valence-electron chi connectivity index (χ1n) is 7.51. The summed E-state index contributed by atoms with van der Waals surface area (Å²) < 4.78 is 0. The Kier molecular flexibility index (Phi) is 5.84. The molecular formula is C17H15ClN6O. The monoisotopic (exact) mass is 354 g/mol. The second kappa shape index (κ2) is 8.06. The molecule has 0 aromatic heterocycles. The van der Waals surface area contributed by atoms with Crippen LogP contribution < -0.4 is 10.2 Å². The molecule has 1 aromatic rings. The minimum Gasteiger partial charge on any atom is -0.367 e. The van der Waals surface area contributed by atoms with Gasteiger partial charge in [-0.2, -0.15) is 15.8 Å². The third kappa shape index (κ3) is 4.20. The van der Waals surface area contributed by atoms with Gasteiger partial charge < -0.3 is 15.1 Å². The van der Waals surface area contributed by atoms with Crippen LogP contribution in [-0.4, -0.2) is 37.0 Å². The number of allylic oxidation sites excluding steroid dienone is 2. The van der Waals surface area contributed by atoms with Crippen LogP contribution in [0.4, 0.5) is 11.4 Å². The normalized spacial score (nSPS) is 13.2. The van der Waals surface area contributed by atoms with Gasteiger partial charge in [-0.3, -0.25) is 4.79 Å². The number of nitrogens with zero attached hydrogens (tertiary/aromatic N) is 5. The minimum absolute atomic E-state index is 0.0619. The van der Waals surface area contributed by atoms with Crippen molar-refractivity contribution in [2.24, 2.45) is 0 Å². The lowest BCUT2D eigenvalue weighted by Crippen LogP contribution is -2.48. The highest BCUT2D eigenvalue weighted by Crippen LogP contribution is 2.30. The Balaban J connectivity index is 2.16. The van der Waals surface area contributed by atoms with Crippen molar-refractivity contribution < 1.29 is 4.79 Å². The number of nitriles is 3. The van der Waals surface area contributed by atoms with Gasteiger partial charge in [-0.25, -0.2) is 0 Å². The van der Waals surface area contributed by atoms with E-state index in [1.807, 2.05) is 6.07 Å². The molecule has 1 fully saturated rings. The summed E-state index contributed by atoms with van der Waals surface area (Å²) in [6.45, 7) is 4.20. The summed E-state index contributed by atoms with van der Waals surface area (Å²) in [5.74, 6) is 0.0619. The molecule has 0 bridgehead atoms. The SMILES string of the molecule is CC(=O)N1CCN(c2ccc(NC(C#N)=C(C#N)C#N)cc2Cl)CC1. The lowest BCUT2D eigenvalue weighted by Gasteiger charge is -2.36. The zero-order valence-corrected chi connectivity index (χ0v) is 14.3. The van der Waals surface area contributed by atoms with Gasteiger partial charge in [0.15, 0.2) is 5.57 Å². The van der Waals surface area contributed by atoms with E-state index in [0.29, 0.717) is 36.9 Å². The molecule has 25 heavy (non-hydrogen) atoms. The predicted octanol–water partition coefficient (Wildman–Crippen LogP) is 2.25. The number of nitrogens with one attached hydrogen (secondary N) is 1. The van der Waals surface area contributed by atoms with Gasteiger partial charge in [0, 0.05) is 38.8 Å². The third-order valence-electron chi connectivity index (χ3n) is 3.87. The van der Waals surface area contributed by atoms with Crippen molar-refractivity contribution in [1.82, 2.24) is 4.90 Å². The number of amides is 1. The first-order valence-corrected chi connectivity index (χ1v) is 7.89. The van der Waals surface area contributed by atoms with Crippen LogP contribution in [-0.2, 0) is 4.79 Å². The van der Waals surface area contributed by atoms with Gasteiger partial charge in [0.25, 0.3) is 0 Å². The molecule has 8 heteroatoms. The first-order chi connectivity index (χ1) is 12.0. The molecule has 2 rings (SSSR count). The van der Waals surface area contributed by atoms with Gasteiger partial charge >= 0.3 is 0 Å². The van der Waals surface area contributed by atoms with E-state index in [9.17, 15) is 4.79 Å². The molecule has 7 nitrogen and oxygen atoms in total. The number of rotatable bonds is 3. The van der Waals surface area contributed by atoms with E-state index in [0.717, 1.165) is 5.69 Å². The average molecular weight is 355 g/mol. The number of anilines is 2. The zero-order valence-electron chi connectivity index (χ0n) is 13.6. The largest absolute Gasteiger partial charge is 0.367 e. The molecule has 1 aromatic carbocycles. The van der Waals surface area contributed by atoms with E-state index >= 15 is 0 Å². The lowest BCUT2D eigenvalue weighted by atomic mass is 10.2. The van der Waals surface area contributed by atoms with Crippen molar-refractivity contribution in [2.75, 3.05) is 36.4 Å². The van der Waals surface area contributed by atoms with E-state index in [1.54, 1.807) is 42.2 Å². The smallest absolute Gasteiger partial charge is 0.219 e. The second-order valence-electron chi connectivity index (χ2n) is 5.37. The summed E-state index contributed by atoms with van der Waals surface area (Å²) >= 11 is 6.34. The molecule has 126 valence electrons. The van der Waals surface area contributed by atoms with Gasteiger partial charge in [0.05, 0.1) is 10.7 Å². The van der Waals surface area contributed by atoms with Crippen LogP contribution in [0.5, 0.6) is 0 Å². The highest BCUT2D eigenvalue weighted by Gasteiger charge is 2.20. The summed E-state index contributed by atoms with van der Waals surface area (Å²) in [7, 11) is 0. The van der Waals surface area contributed by atoms with Crippen LogP contribution in [0.3, 0.4) is 0 Å². The van der Waals surface area contributed by atoms with Crippen LogP contribution in [0.1, 0.15) is 6.92 Å². The number of halogens is 1. The standard InChI is InChI=1S/C17H15ClN6O/c1-12(25)23-4-6-24(7-5-23)17-3-2-14(8-15(17)18)22-16(11-21)13(9-19)10-20/h2-3,8,22H,4-7H2,1H3. The summed E-state index contributed by atoms with van der Waals surface area (Å²) in [5.41, 5.74) is 0.932. The zero-order chi connectivity index (χ0) is 18.4. The van der Waals surface area contributed by atoms with Crippen molar-refractivity contribution in [3.8, 4) is 18.2 Å². The van der Waals surface area contributed by atoms with Crippen molar-refractivity contribution in [1.29, 1.82) is 15.8 Å². The van der Waals surface area contributed by atoms with E-state index in [2.05, 4.69) is 10.2 Å². The Morgan fingerprint density at radius 2 is 1.76 bits per heavy atom. The molecule has 0 saturated carbocycles. The van der Waals surface area contributed by atoms with Crippen LogP contribution in [0.25, 0.3) is 0 Å². The maximum atomic E-state index is 11.4. The Morgan fingerprint density at radius 3 is 2.24 bits per heavy atom. The predicted molar refractivity (Wildman–Crippen MR) is 93.4 cm³/mol. The van der Waals surface area contributed by atoms with Crippen molar-refractivity contribution in [3.05, 3.63) is 34.5 Å². The van der Waals surface area contributed by atoms with Crippen LogP contribution in [0.2, 0.25) is 5.02 Å². The summed E-state index contributed by atoms with van der Waals surface area (Å²) in [6.07, 6.45) is 0. The molecule has 0 unspecified atom stereocenters. The van der Waals surface area contributed by atoms with E-state index in [1.165, 1.54) is 0 Å². The maximum Gasteiger partial charge on any atom is 0.219 e. The fourth-order valence-corrected chi connectivity index (χ4v) is 2.83. The molecule has 0 atom stereocenters. The first kappa shape index (κ1) is 18.1. The number of carbonyl (C=O) groups excluding carboxylic acids is 1. The van der Waals surface area contributed by atoms with Gasteiger partial charge in [-0.15, -0.1) is 0 Å². The lowest BCUT2D eigenvalue weighted by molar-refractivity contribution is -0.129. The molecule has 0 radical (unpaired) electrons. The highest BCUT2D eigenvalue weighted by molar-refractivity contribution is 6.33. The van der Waals surface area contributed by atoms with Crippen LogP contribution in [0, 0.1) is 34.0 Å². The molecule has 1 amide bonds. The van der Waals surface area contributed by atoms with Crippen LogP contribution >= 0.6 is 11.6 Å². The Morgan fingerprint density at radius 1 is 1.12 bits per heavy atom. The van der Waals surface area contributed by atoms with Gasteiger partial charge in [0.2, 0.25) is 5.91 Å². The summed E-state index contributed by atoms with van der Waals surface area (Å²) in [5, 5.41) is 30.0. The van der Waals surface area contributed by atoms with Crippen molar-refractivity contribution in [2.45, 2.75) is 6.92 Å². The van der Waals surface area contributed by atoms with E-state index < -0.39 is 0 Å².